The molecule has 0 aliphatic heterocycles. The third-order valence-corrected chi connectivity index (χ3v) is 1.91. The van der Waals surface area contributed by atoms with E-state index in [1.807, 2.05) is 37.9 Å². The van der Waals surface area contributed by atoms with Gasteiger partial charge in [-0.25, -0.2) is 4.57 Å². The van der Waals surface area contributed by atoms with Crippen LogP contribution in [0.1, 0.15) is 5.56 Å². The van der Waals surface area contributed by atoms with Crippen LogP contribution in [0.4, 0.5) is 4.79 Å². The minimum absolute atomic E-state index is 0.884. The summed E-state index contributed by atoms with van der Waals surface area (Å²) in [6.07, 6.45) is 1.71. The molecule has 0 unspecified atom stereocenters. The van der Waals surface area contributed by atoms with Gasteiger partial charge in [0, 0.05) is 5.10 Å². The zero-order valence-electron chi connectivity index (χ0n) is 9.35. The van der Waals surface area contributed by atoms with Gasteiger partial charge in [0.05, 0.1) is 13.6 Å². The van der Waals surface area contributed by atoms with E-state index in [4.69, 9.17) is 15.0 Å². The van der Waals surface area contributed by atoms with E-state index >= 15 is 0 Å². The second kappa shape index (κ2) is 6.26. The maximum absolute atomic E-state index is 8.44. The number of hydrogen-bond donors (Lipinski definition) is 1. The van der Waals surface area contributed by atoms with E-state index in [2.05, 4.69) is 21.8 Å². The maximum Gasteiger partial charge on any atom is 0.265 e. The molecule has 0 saturated carbocycles. The highest BCUT2D eigenvalue weighted by atomic mass is 16.6. The molecular formula is C11H13N3O3. The average molecular weight is 235 g/mol. The van der Waals surface area contributed by atoms with Crippen molar-refractivity contribution >= 4 is 6.16 Å². The van der Waals surface area contributed by atoms with E-state index in [-0.39, 0.29) is 0 Å². The molecule has 6 heteroatoms. The summed E-state index contributed by atoms with van der Waals surface area (Å²) in [6.45, 7) is 0.884. The van der Waals surface area contributed by atoms with E-state index in [0.717, 1.165) is 6.54 Å². The van der Waals surface area contributed by atoms with E-state index in [1.165, 1.54) is 5.56 Å². The summed E-state index contributed by atoms with van der Waals surface area (Å²) in [7, 11) is 1.92. The summed E-state index contributed by atoms with van der Waals surface area (Å²) in [6, 6.07) is 10.3. The lowest BCUT2D eigenvalue weighted by Crippen LogP contribution is -2.31. The van der Waals surface area contributed by atoms with Crippen LogP contribution >= 0.6 is 0 Å². The van der Waals surface area contributed by atoms with Crippen molar-refractivity contribution in [2.45, 2.75) is 6.54 Å². The normalized spacial score (nSPS) is 9.24. The smallest absolute Gasteiger partial charge is 0.265 e. The van der Waals surface area contributed by atoms with Crippen molar-refractivity contribution in [1.29, 1.82) is 0 Å². The SMILES string of the molecule is Cn1c[n+](Cc2ccccc2)cn1.O=C([O-])O. The summed E-state index contributed by atoms with van der Waals surface area (Å²) in [5, 5.41) is 19.4. The van der Waals surface area contributed by atoms with Crippen molar-refractivity contribution in [3.05, 3.63) is 48.5 Å². The Morgan fingerprint density at radius 1 is 1.47 bits per heavy atom. The van der Waals surface area contributed by atoms with Crippen LogP contribution in [0.5, 0.6) is 0 Å². The molecule has 90 valence electrons. The Balaban J connectivity index is 0.000000317. The number of hydrogen-bond acceptors (Lipinski definition) is 3. The number of rotatable bonds is 2. The quantitative estimate of drug-likeness (QED) is 0.721. The molecule has 0 atom stereocenters. The van der Waals surface area contributed by atoms with Gasteiger partial charge in [0.2, 0.25) is 12.5 Å². The van der Waals surface area contributed by atoms with Crippen LogP contribution in [0, 0.1) is 0 Å². The van der Waals surface area contributed by atoms with Gasteiger partial charge in [0.1, 0.15) is 0 Å². The molecule has 0 aliphatic carbocycles. The van der Waals surface area contributed by atoms with Crippen LogP contribution in [0.2, 0.25) is 0 Å². The predicted octanol–water partition coefficient (Wildman–Crippen LogP) is -0.356. The molecule has 6 nitrogen and oxygen atoms in total. The highest BCUT2D eigenvalue weighted by Crippen LogP contribution is 1.96. The van der Waals surface area contributed by atoms with Crippen LogP contribution in [0.25, 0.3) is 0 Å². The Morgan fingerprint density at radius 2 is 2.06 bits per heavy atom. The minimum Gasteiger partial charge on any atom is -0.565 e. The van der Waals surface area contributed by atoms with Crippen LogP contribution in [-0.4, -0.2) is 21.0 Å². The van der Waals surface area contributed by atoms with Crippen LogP contribution in [0.15, 0.2) is 43.0 Å². The maximum atomic E-state index is 8.44. The molecule has 1 aromatic carbocycles. The van der Waals surface area contributed by atoms with Crippen LogP contribution in [0.3, 0.4) is 0 Å². The summed E-state index contributed by atoms with van der Waals surface area (Å²) in [5.41, 5.74) is 1.29. The summed E-state index contributed by atoms with van der Waals surface area (Å²) >= 11 is 0. The zero-order valence-corrected chi connectivity index (χ0v) is 9.35. The van der Waals surface area contributed by atoms with Crippen molar-refractivity contribution in [2.24, 2.45) is 7.05 Å². The van der Waals surface area contributed by atoms with Gasteiger partial charge >= 0.3 is 0 Å². The third-order valence-electron chi connectivity index (χ3n) is 1.91. The van der Waals surface area contributed by atoms with Gasteiger partial charge in [-0.3, -0.25) is 0 Å². The van der Waals surface area contributed by atoms with Gasteiger partial charge in [0.25, 0.3) is 6.33 Å². The number of benzene rings is 1. The summed E-state index contributed by atoms with van der Waals surface area (Å²) < 4.78 is 3.85. The molecule has 0 amide bonds. The standard InChI is InChI=1S/C10H12N3.CH2O3/c1-12-9-13(8-11-12)7-10-5-3-2-4-6-10;2-1(3)4/h2-6,8-9H,7H2,1H3;(H2,2,3,4)/q+1;/p-1. The van der Waals surface area contributed by atoms with Gasteiger partial charge in [-0.15, -0.1) is 4.68 Å². The number of nitrogens with zero attached hydrogens (tertiary/aromatic N) is 3. The largest absolute Gasteiger partial charge is 0.565 e. The highest BCUT2D eigenvalue weighted by Gasteiger charge is 2.00. The van der Waals surface area contributed by atoms with Crippen molar-refractivity contribution in [1.82, 2.24) is 9.78 Å². The lowest BCUT2D eigenvalue weighted by atomic mass is 10.2. The fourth-order valence-corrected chi connectivity index (χ4v) is 1.30. The Kier molecular flexibility index (Phi) is 4.68. The van der Waals surface area contributed by atoms with Gasteiger partial charge in [-0.2, -0.15) is 0 Å². The number of carbonyl (C=O) groups is 1. The molecule has 17 heavy (non-hydrogen) atoms. The first kappa shape index (κ1) is 12.7. The molecule has 0 radical (unpaired) electrons. The highest BCUT2D eigenvalue weighted by molar-refractivity contribution is 5.50. The van der Waals surface area contributed by atoms with Crippen molar-refractivity contribution in [2.75, 3.05) is 0 Å². The first-order chi connectivity index (χ1) is 8.08. The zero-order chi connectivity index (χ0) is 12.7. The molecule has 0 spiro atoms. The second-order valence-electron chi connectivity index (χ2n) is 3.34. The van der Waals surface area contributed by atoms with Crippen molar-refractivity contribution in [3.63, 3.8) is 0 Å². The molecule has 0 saturated heterocycles. The first-order valence-corrected chi connectivity index (χ1v) is 4.89. The fourth-order valence-electron chi connectivity index (χ4n) is 1.30. The summed E-state index contributed by atoms with van der Waals surface area (Å²) in [5.74, 6) is 0. The van der Waals surface area contributed by atoms with E-state index in [1.54, 1.807) is 4.68 Å². The average Bonchev–Trinajstić information content (AvgIpc) is 2.65. The third kappa shape index (κ3) is 5.31. The number of aryl methyl sites for hydroxylation is 1. The van der Waals surface area contributed by atoms with Gasteiger partial charge in [0.15, 0.2) is 0 Å². The summed E-state index contributed by atoms with van der Waals surface area (Å²) in [4.78, 5) is 8.44. The number of carboxylic acid groups (broad SMARTS) is 2. The van der Waals surface area contributed by atoms with E-state index < -0.39 is 6.16 Å². The molecule has 2 rings (SSSR count). The molecular weight excluding hydrogens is 222 g/mol. The molecule has 0 aliphatic rings. The predicted molar refractivity (Wildman–Crippen MR) is 57.0 cm³/mol. The van der Waals surface area contributed by atoms with Gasteiger partial charge < -0.3 is 15.0 Å². The Bertz CT molecular complexity index is 464. The first-order valence-electron chi connectivity index (χ1n) is 4.89. The lowest BCUT2D eigenvalue weighted by Gasteiger charge is -1.95. The van der Waals surface area contributed by atoms with Gasteiger partial charge in [-0.05, 0) is 5.56 Å². The number of aromatic nitrogens is 3. The van der Waals surface area contributed by atoms with Gasteiger partial charge in [-0.1, -0.05) is 30.3 Å². The molecule has 0 bridgehead atoms. The van der Waals surface area contributed by atoms with E-state index in [0.29, 0.717) is 0 Å². The molecule has 1 heterocycles. The fraction of sp³-hybridized carbons (Fsp3) is 0.182. The minimum atomic E-state index is -2.08. The second-order valence-corrected chi connectivity index (χ2v) is 3.34. The Morgan fingerprint density at radius 3 is 2.53 bits per heavy atom. The molecule has 2 aromatic rings. The van der Waals surface area contributed by atoms with Crippen molar-refractivity contribution < 1.29 is 19.6 Å². The Labute approximate surface area is 98.4 Å². The van der Waals surface area contributed by atoms with Crippen LogP contribution < -0.4 is 9.67 Å². The molecule has 0 fully saturated rings. The Hall–Kier alpha value is -2.37. The lowest BCUT2D eigenvalue weighted by molar-refractivity contribution is -0.689. The van der Waals surface area contributed by atoms with Crippen LogP contribution in [-0.2, 0) is 13.6 Å². The topological polar surface area (TPSA) is 82.1 Å². The molecule has 1 N–H and O–H groups in total. The van der Waals surface area contributed by atoms with Crippen molar-refractivity contribution in [3.8, 4) is 0 Å². The monoisotopic (exact) mass is 235 g/mol. The molecule has 1 aromatic heterocycles. The van der Waals surface area contributed by atoms with E-state index in [9.17, 15) is 0 Å².